The average Bonchev–Trinajstić information content (AvgIpc) is 3.32. The van der Waals surface area contributed by atoms with E-state index in [1.165, 1.54) is 4.91 Å². The number of thioether (sulfide) groups is 1. The Morgan fingerprint density at radius 2 is 2.12 bits per heavy atom. The second-order valence-corrected chi connectivity index (χ2v) is 10.8. The summed E-state index contributed by atoms with van der Waals surface area (Å²) in [5.74, 6) is -0.598. The maximum absolute atomic E-state index is 12.6. The van der Waals surface area contributed by atoms with Gasteiger partial charge in [-0.2, -0.15) is 0 Å². The van der Waals surface area contributed by atoms with Gasteiger partial charge >= 0.3 is 5.97 Å². The Hall–Kier alpha value is -1.60. The average molecular weight is 507 g/mol. The summed E-state index contributed by atoms with van der Waals surface area (Å²) in [6, 6.07) is 0. The van der Waals surface area contributed by atoms with E-state index in [1.54, 1.807) is 7.11 Å². The third-order valence-electron chi connectivity index (χ3n) is 6.87. The van der Waals surface area contributed by atoms with Gasteiger partial charge in [-0.1, -0.05) is 60.2 Å². The maximum atomic E-state index is 12.6. The summed E-state index contributed by atoms with van der Waals surface area (Å²) in [7, 11) is 1.69. The van der Waals surface area contributed by atoms with Gasteiger partial charge < -0.3 is 14.9 Å². The number of Topliss-reactive ketones (excluding diaryl/α,β-unsaturated/α-hetero) is 1. The quantitative estimate of drug-likeness (QED) is 0.247. The number of ketones is 1. The van der Waals surface area contributed by atoms with E-state index in [4.69, 9.17) is 21.4 Å². The van der Waals surface area contributed by atoms with E-state index < -0.39 is 5.97 Å². The number of fused-ring (bicyclic) bond motifs is 1. The van der Waals surface area contributed by atoms with Crippen LogP contribution in [0.25, 0.3) is 0 Å². The van der Waals surface area contributed by atoms with Crippen LogP contribution in [-0.4, -0.2) is 47.0 Å². The number of ether oxygens (including phenoxy) is 1. The molecule has 6 atom stereocenters. The van der Waals surface area contributed by atoms with Crippen LogP contribution in [0.2, 0.25) is 0 Å². The first-order chi connectivity index (χ1) is 16.4. The Morgan fingerprint density at radius 3 is 2.82 bits per heavy atom. The highest BCUT2D eigenvalue weighted by Crippen LogP contribution is 2.48. The first kappa shape index (κ1) is 27.0. The number of aliphatic hydroxyl groups excluding tert-OH is 1. The van der Waals surface area contributed by atoms with Crippen LogP contribution in [0.15, 0.2) is 58.5 Å². The zero-order chi connectivity index (χ0) is 24.5. The van der Waals surface area contributed by atoms with E-state index >= 15 is 0 Å². The highest BCUT2D eigenvalue weighted by Gasteiger charge is 2.39. The summed E-state index contributed by atoms with van der Waals surface area (Å²) in [6.45, 7) is -0.0137. The van der Waals surface area contributed by atoms with Gasteiger partial charge in [0.1, 0.15) is 5.78 Å². The van der Waals surface area contributed by atoms with Gasteiger partial charge in [0.05, 0.1) is 6.10 Å². The topological polar surface area (TPSA) is 83.8 Å². The molecule has 0 aromatic carbocycles. The number of methoxy groups -OCH3 is 1. The van der Waals surface area contributed by atoms with Gasteiger partial charge in [-0.3, -0.25) is 9.59 Å². The lowest BCUT2D eigenvalue weighted by molar-refractivity contribution is -0.137. The molecule has 4 unspecified atom stereocenters. The van der Waals surface area contributed by atoms with Crippen molar-refractivity contribution in [1.82, 2.24) is 0 Å². The Balaban J connectivity index is 1.56. The van der Waals surface area contributed by atoms with E-state index in [2.05, 4.69) is 30.4 Å². The molecule has 7 heteroatoms. The number of carboxylic acids is 1. The fourth-order valence-electron chi connectivity index (χ4n) is 4.92. The minimum Gasteiger partial charge on any atom is -0.481 e. The van der Waals surface area contributed by atoms with E-state index in [9.17, 15) is 14.7 Å². The van der Waals surface area contributed by atoms with Gasteiger partial charge in [0.2, 0.25) is 0 Å². The van der Waals surface area contributed by atoms with E-state index in [0.717, 1.165) is 17.9 Å². The molecule has 0 spiro atoms. The zero-order valence-electron chi connectivity index (χ0n) is 19.6. The molecule has 0 radical (unpaired) electrons. The zero-order valence-corrected chi connectivity index (χ0v) is 21.2. The Morgan fingerprint density at radius 1 is 1.32 bits per heavy atom. The molecule has 0 bridgehead atoms. The monoisotopic (exact) mass is 506 g/mol. The predicted molar refractivity (Wildman–Crippen MR) is 138 cm³/mol. The molecule has 1 heterocycles. The summed E-state index contributed by atoms with van der Waals surface area (Å²) in [6.07, 6.45) is 20.5. The molecule has 0 aromatic heterocycles. The van der Waals surface area contributed by atoms with Crippen LogP contribution in [0.3, 0.4) is 0 Å². The van der Waals surface area contributed by atoms with Crippen molar-refractivity contribution < 1.29 is 24.5 Å². The van der Waals surface area contributed by atoms with Crippen molar-refractivity contribution in [2.45, 2.75) is 56.3 Å². The lowest BCUT2D eigenvalue weighted by Crippen LogP contribution is -2.18. The molecule has 34 heavy (non-hydrogen) atoms. The van der Waals surface area contributed by atoms with Crippen LogP contribution < -0.4 is 0 Å². The van der Waals surface area contributed by atoms with Crippen molar-refractivity contribution in [3.8, 4) is 0 Å². The minimum absolute atomic E-state index is 0.0137. The molecular weight excluding hydrogens is 472 g/mol. The number of carbonyl (C=O) groups excluding carboxylic acids is 1. The van der Waals surface area contributed by atoms with Gasteiger partial charge in [0.25, 0.3) is 0 Å². The molecule has 0 saturated heterocycles. The molecule has 1 saturated carbocycles. The fraction of sp³-hybridized carbons (Fsp3) is 0.556. The predicted octanol–water partition coefficient (Wildman–Crippen LogP) is 5.66. The second-order valence-electron chi connectivity index (χ2n) is 9.14. The first-order valence-corrected chi connectivity index (χ1v) is 13.3. The first-order valence-electron chi connectivity index (χ1n) is 12.1. The third-order valence-corrected chi connectivity index (χ3v) is 8.89. The molecule has 2 N–H and O–H groups in total. The standard InChI is InChI=1S/C27H35ClO5S/c1-33-19(13-15-25-27(28)22-9-6-7-10-24(22)34-25)12-14-20-18(17-29)16-23(30)21(20)8-4-2-3-5-11-26(31)32/h2,4,6-7,9-10,12,14,18-22,24,29H,3,5,8,11,13,15-17H2,1H3,(H,31,32)/b4-2-,14-12+/t18-,19?,20?,21+,22?,24?/m0/s1. The number of rotatable bonds is 13. The van der Waals surface area contributed by atoms with Crippen LogP contribution >= 0.6 is 23.4 Å². The van der Waals surface area contributed by atoms with Gasteiger partial charge in [-0.25, -0.2) is 0 Å². The number of carboxylic acid groups (broad SMARTS) is 1. The highest BCUT2D eigenvalue weighted by molar-refractivity contribution is 8.04. The Bertz CT molecular complexity index is 874. The lowest BCUT2D eigenvalue weighted by Gasteiger charge is -2.20. The smallest absolute Gasteiger partial charge is 0.303 e. The SMILES string of the molecule is COC(/C=C/C1[C@H](CO)CC(=O)[C@@H]1C/C=C\CCCC(=O)O)CCC1=C(Cl)C2C=CC=CC2S1. The Labute approximate surface area is 211 Å². The molecule has 3 rings (SSSR count). The van der Waals surface area contributed by atoms with Crippen LogP contribution in [0, 0.1) is 23.7 Å². The third kappa shape index (κ3) is 7.20. The normalized spacial score (nSPS) is 29.6. The van der Waals surface area contributed by atoms with Crippen LogP contribution in [0.5, 0.6) is 0 Å². The van der Waals surface area contributed by atoms with E-state index in [-0.39, 0.29) is 48.6 Å². The fourth-order valence-corrected chi connectivity index (χ4v) is 6.78. The number of aliphatic carboxylic acids is 1. The highest BCUT2D eigenvalue weighted by atomic mass is 35.5. The van der Waals surface area contributed by atoms with Crippen molar-refractivity contribution in [2.75, 3.05) is 13.7 Å². The lowest BCUT2D eigenvalue weighted by atomic mass is 9.86. The summed E-state index contributed by atoms with van der Waals surface area (Å²) in [5.41, 5.74) is 0. The molecule has 186 valence electrons. The van der Waals surface area contributed by atoms with Crippen molar-refractivity contribution >= 4 is 35.1 Å². The van der Waals surface area contributed by atoms with E-state index in [1.807, 2.05) is 30.0 Å². The number of halogens is 1. The largest absolute Gasteiger partial charge is 0.481 e. The second kappa shape index (κ2) is 13.5. The summed E-state index contributed by atoms with van der Waals surface area (Å²) < 4.78 is 5.70. The van der Waals surface area contributed by atoms with Crippen LogP contribution in [0.1, 0.15) is 44.9 Å². The number of allylic oxidation sites excluding steroid dienone is 8. The van der Waals surface area contributed by atoms with Crippen LogP contribution in [0.4, 0.5) is 0 Å². The van der Waals surface area contributed by atoms with Crippen molar-refractivity contribution in [1.29, 1.82) is 0 Å². The van der Waals surface area contributed by atoms with Gasteiger partial charge in [0, 0.05) is 53.6 Å². The van der Waals surface area contributed by atoms with Crippen molar-refractivity contribution in [3.63, 3.8) is 0 Å². The van der Waals surface area contributed by atoms with Crippen molar-refractivity contribution in [2.24, 2.45) is 23.7 Å². The van der Waals surface area contributed by atoms with Gasteiger partial charge in [-0.05, 0) is 43.9 Å². The van der Waals surface area contributed by atoms with Gasteiger partial charge in [0.15, 0.2) is 0 Å². The Kier molecular flexibility index (Phi) is 10.7. The minimum atomic E-state index is -0.792. The number of hydrogen-bond acceptors (Lipinski definition) is 5. The molecule has 5 nitrogen and oxygen atoms in total. The molecule has 0 amide bonds. The summed E-state index contributed by atoms with van der Waals surface area (Å²) in [5, 5.41) is 19.9. The number of carbonyl (C=O) groups is 2. The molecule has 0 aromatic rings. The number of unbranched alkanes of at least 4 members (excludes halogenated alkanes) is 1. The van der Waals surface area contributed by atoms with Crippen LogP contribution in [-0.2, 0) is 14.3 Å². The molecule has 1 fully saturated rings. The summed E-state index contributed by atoms with van der Waals surface area (Å²) >= 11 is 8.47. The van der Waals surface area contributed by atoms with E-state index in [0.29, 0.717) is 30.9 Å². The molecular formula is C27H35ClO5S. The van der Waals surface area contributed by atoms with Crippen molar-refractivity contribution in [3.05, 3.63) is 58.5 Å². The number of hydrogen-bond donors (Lipinski definition) is 2. The number of aliphatic hydroxyl groups is 1. The summed E-state index contributed by atoms with van der Waals surface area (Å²) in [4.78, 5) is 24.5. The molecule has 1 aliphatic heterocycles. The maximum Gasteiger partial charge on any atom is 0.303 e. The van der Waals surface area contributed by atoms with Gasteiger partial charge in [-0.15, -0.1) is 11.8 Å². The molecule has 3 aliphatic rings. The molecule has 2 aliphatic carbocycles.